The fourth-order valence-electron chi connectivity index (χ4n) is 3.40. The van der Waals surface area contributed by atoms with Crippen LogP contribution in [0.4, 0.5) is 0 Å². The van der Waals surface area contributed by atoms with E-state index in [0.29, 0.717) is 19.4 Å². The summed E-state index contributed by atoms with van der Waals surface area (Å²) >= 11 is 0. The lowest BCUT2D eigenvalue weighted by atomic mass is 9.99. The zero-order valence-corrected chi connectivity index (χ0v) is 21.3. The minimum Gasteiger partial charge on any atom is -0.469 e. The Hall–Kier alpha value is -0.963. The van der Waals surface area contributed by atoms with Crippen molar-refractivity contribution in [3.05, 3.63) is 0 Å². The monoisotopic (exact) mass is 446 g/mol. The van der Waals surface area contributed by atoms with Crippen molar-refractivity contribution >= 4 is 20.3 Å². The van der Waals surface area contributed by atoms with Crippen molar-refractivity contribution in [2.45, 2.75) is 116 Å². The van der Waals surface area contributed by atoms with E-state index in [1.165, 1.54) is 14.0 Å². The van der Waals surface area contributed by atoms with Crippen molar-refractivity contribution in [2.75, 3.05) is 13.7 Å². The quantitative estimate of drug-likeness (QED) is 0.276. The molecule has 0 aromatic heterocycles. The molecule has 0 saturated carbocycles. The fraction of sp³-hybridized carbons (Fsp3) is 0.909. The standard InChI is InChI=1S/C22H42O7Si/c1-16(23)26-12-10-11-17(29-30(8,9)21(2,3)4)13-18-14-19(15-20(24)25-7)28-22(5,6)27-18/h17-19H,10-15H2,1-9H3/t17-,18-,19-/m1/s1. The van der Waals surface area contributed by atoms with Crippen molar-refractivity contribution in [3.63, 3.8) is 0 Å². The first-order chi connectivity index (χ1) is 13.6. The van der Waals surface area contributed by atoms with E-state index in [2.05, 4.69) is 33.9 Å². The van der Waals surface area contributed by atoms with Gasteiger partial charge < -0.3 is 23.4 Å². The lowest BCUT2D eigenvalue weighted by Crippen LogP contribution is -2.48. The predicted octanol–water partition coefficient (Wildman–Crippen LogP) is 4.58. The number of carbonyl (C=O) groups excluding carboxylic acids is 2. The number of esters is 2. The summed E-state index contributed by atoms with van der Waals surface area (Å²) in [6.45, 7) is 16.7. The highest BCUT2D eigenvalue weighted by Crippen LogP contribution is 2.39. The molecule has 1 fully saturated rings. The number of ether oxygens (including phenoxy) is 4. The molecule has 176 valence electrons. The minimum absolute atomic E-state index is 0.0147. The van der Waals surface area contributed by atoms with Gasteiger partial charge in [0, 0.05) is 19.4 Å². The van der Waals surface area contributed by atoms with Gasteiger partial charge in [-0.25, -0.2) is 0 Å². The van der Waals surface area contributed by atoms with Gasteiger partial charge in [-0.15, -0.1) is 0 Å². The number of hydrogen-bond acceptors (Lipinski definition) is 7. The maximum atomic E-state index is 11.7. The van der Waals surface area contributed by atoms with Crippen LogP contribution < -0.4 is 0 Å². The average molecular weight is 447 g/mol. The molecule has 8 heteroatoms. The Bertz CT molecular complexity index is 568. The molecule has 1 aliphatic heterocycles. The first-order valence-electron chi connectivity index (χ1n) is 10.9. The largest absolute Gasteiger partial charge is 0.469 e. The van der Waals surface area contributed by atoms with Gasteiger partial charge in [0.25, 0.3) is 0 Å². The lowest BCUT2D eigenvalue weighted by Gasteiger charge is -2.43. The molecule has 0 aliphatic carbocycles. The molecule has 3 atom stereocenters. The van der Waals surface area contributed by atoms with Crippen molar-refractivity contribution in [2.24, 2.45) is 0 Å². The summed E-state index contributed by atoms with van der Waals surface area (Å²) in [5, 5.41) is 0.0877. The van der Waals surface area contributed by atoms with Gasteiger partial charge in [-0.05, 0) is 51.2 Å². The fourth-order valence-corrected chi connectivity index (χ4v) is 4.80. The molecule has 0 bridgehead atoms. The molecule has 1 saturated heterocycles. The molecule has 0 aromatic rings. The highest BCUT2D eigenvalue weighted by molar-refractivity contribution is 6.74. The average Bonchev–Trinajstić information content (AvgIpc) is 2.55. The molecule has 1 heterocycles. The minimum atomic E-state index is -1.99. The van der Waals surface area contributed by atoms with Crippen LogP contribution >= 0.6 is 0 Å². The van der Waals surface area contributed by atoms with Gasteiger partial charge >= 0.3 is 11.9 Å². The summed E-state index contributed by atoms with van der Waals surface area (Å²) in [7, 11) is -0.602. The summed E-state index contributed by atoms with van der Waals surface area (Å²) in [5.74, 6) is -1.33. The Morgan fingerprint density at radius 2 is 1.77 bits per heavy atom. The van der Waals surface area contributed by atoms with Crippen molar-refractivity contribution in [1.82, 2.24) is 0 Å². The smallest absolute Gasteiger partial charge is 0.308 e. The molecule has 0 radical (unpaired) electrons. The van der Waals surface area contributed by atoms with Gasteiger partial charge in [-0.2, -0.15) is 0 Å². The number of methoxy groups -OCH3 is 1. The summed E-state index contributed by atoms with van der Waals surface area (Å²) in [6, 6.07) is 0. The van der Waals surface area contributed by atoms with Crippen molar-refractivity contribution in [3.8, 4) is 0 Å². The summed E-state index contributed by atoms with van der Waals surface area (Å²) < 4.78 is 28.7. The molecular formula is C22H42O7Si. The van der Waals surface area contributed by atoms with Gasteiger partial charge in [-0.3, -0.25) is 9.59 Å². The van der Waals surface area contributed by atoms with E-state index in [9.17, 15) is 9.59 Å². The third-order valence-electron chi connectivity index (χ3n) is 5.82. The van der Waals surface area contributed by atoms with Crippen LogP contribution in [0.1, 0.15) is 73.6 Å². The molecule has 0 unspecified atom stereocenters. The normalized spacial score (nSPS) is 23.0. The van der Waals surface area contributed by atoms with E-state index in [4.69, 9.17) is 23.4 Å². The zero-order valence-electron chi connectivity index (χ0n) is 20.3. The van der Waals surface area contributed by atoms with Gasteiger partial charge in [0.15, 0.2) is 14.1 Å². The number of rotatable bonds is 10. The van der Waals surface area contributed by atoms with Gasteiger partial charge in [0.05, 0.1) is 32.3 Å². The second-order valence-corrected chi connectivity index (χ2v) is 14.9. The van der Waals surface area contributed by atoms with Gasteiger partial charge in [0.2, 0.25) is 0 Å². The van der Waals surface area contributed by atoms with Crippen LogP contribution in [0.3, 0.4) is 0 Å². The van der Waals surface area contributed by atoms with E-state index in [0.717, 1.165) is 12.8 Å². The Labute approximate surface area is 183 Å². The van der Waals surface area contributed by atoms with E-state index >= 15 is 0 Å². The highest BCUT2D eigenvalue weighted by atomic mass is 28.4. The molecular weight excluding hydrogens is 404 g/mol. The van der Waals surface area contributed by atoms with E-state index in [-0.39, 0.29) is 41.7 Å². The molecule has 1 rings (SSSR count). The Morgan fingerprint density at radius 1 is 1.17 bits per heavy atom. The summed E-state index contributed by atoms with van der Waals surface area (Å²) in [4.78, 5) is 22.8. The molecule has 1 aliphatic rings. The number of carbonyl (C=O) groups is 2. The van der Waals surface area contributed by atoms with E-state index in [1.807, 2.05) is 13.8 Å². The molecule has 0 spiro atoms. The summed E-state index contributed by atoms with van der Waals surface area (Å²) in [5.41, 5.74) is 0. The van der Waals surface area contributed by atoms with Crippen molar-refractivity contribution in [1.29, 1.82) is 0 Å². The summed E-state index contributed by atoms with van der Waals surface area (Å²) in [6.07, 6.45) is 2.68. The molecule has 0 aromatic carbocycles. The first-order valence-corrected chi connectivity index (χ1v) is 13.8. The Kier molecular flexibility index (Phi) is 9.99. The van der Waals surface area contributed by atoms with Crippen LogP contribution in [0.25, 0.3) is 0 Å². The highest BCUT2D eigenvalue weighted by Gasteiger charge is 2.41. The van der Waals surface area contributed by atoms with Gasteiger partial charge in [-0.1, -0.05) is 20.8 Å². The van der Waals surface area contributed by atoms with Crippen LogP contribution in [-0.2, 0) is 33.0 Å². The third kappa shape index (κ3) is 9.45. The van der Waals surface area contributed by atoms with E-state index in [1.54, 1.807) is 0 Å². The third-order valence-corrected chi connectivity index (χ3v) is 10.4. The van der Waals surface area contributed by atoms with Crippen LogP contribution in [0.2, 0.25) is 18.1 Å². The predicted molar refractivity (Wildman–Crippen MR) is 118 cm³/mol. The van der Waals surface area contributed by atoms with Crippen LogP contribution in [0.15, 0.2) is 0 Å². The van der Waals surface area contributed by atoms with Crippen LogP contribution in [-0.4, -0.2) is 58.1 Å². The second kappa shape index (κ2) is 11.1. The zero-order chi connectivity index (χ0) is 23.2. The van der Waals surface area contributed by atoms with Crippen LogP contribution in [0.5, 0.6) is 0 Å². The molecule has 0 N–H and O–H groups in total. The number of hydrogen-bond donors (Lipinski definition) is 0. The Balaban J connectivity index is 2.86. The first kappa shape index (κ1) is 27.1. The topological polar surface area (TPSA) is 80.3 Å². The Morgan fingerprint density at radius 3 is 2.30 bits per heavy atom. The van der Waals surface area contributed by atoms with E-state index < -0.39 is 14.1 Å². The van der Waals surface area contributed by atoms with Gasteiger partial charge in [0.1, 0.15) is 0 Å². The van der Waals surface area contributed by atoms with Crippen molar-refractivity contribution < 1.29 is 33.0 Å². The second-order valence-electron chi connectivity index (χ2n) is 10.1. The molecule has 0 amide bonds. The molecule has 7 nitrogen and oxygen atoms in total. The maximum Gasteiger partial charge on any atom is 0.308 e. The molecule has 30 heavy (non-hydrogen) atoms. The maximum absolute atomic E-state index is 11.7. The SMILES string of the molecule is COC(=O)C[C@H]1C[C@@H](C[C@@H](CCCOC(C)=O)O[Si](C)(C)C(C)(C)C)OC(C)(C)O1. The van der Waals surface area contributed by atoms with Crippen LogP contribution in [0, 0.1) is 0 Å². The lowest BCUT2D eigenvalue weighted by molar-refractivity contribution is -0.302.